The SMILES string of the molecule is COc1ccccc1N1N=CCC1=O. The summed E-state index contributed by atoms with van der Waals surface area (Å²) in [6.07, 6.45) is 1.95. The molecule has 1 amide bonds. The van der Waals surface area contributed by atoms with Gasteiger partial charge in [0, 0.05) is 6.21 Å². The van der Waals surface area contributed by atoms with Crippen LogP contribution in [0.1, 0.15) is 6.42 Å². The molecule has 0 N–H and O–H groups in total. The van der Waals surface area contributed by atoms with E-state index in [0.29, 0.717) is 17.9 Å². The number of amides is 1. The number of ether oxygens (including phenoxy) is 1. The molecule has 0 unspecified atom stereocenters. The number of methoxy groups -OCH3 is 1. The van der Waals surface area contributed by atoms with E-state index in [1.54, 1.807) is 25.5 Å². The first-order chi connectivity index (χ1) is 6.83. The highest BCUT2D eigenvalue weighted by Gasteiger charge is 2.21. The van der Waals surface area contributed by atoms with Crippen LogP contribution >= 0.6 is 0 Å². The molecule has 72 valence electrons. The number of benzene rings is 1. The van der Waals surface area contributed by atoms with Gasteiger partial charge < -0.3 is 4.74 Å². The number of nitrogens with zero attached hydrogens (tertiary/aromatic N) is 2. The Hall–Kier alpha value is -1.84. The molecule has 0 saturated heterocycles. The van der Waals surface area contributed by atoms with E-state index in [4.69, 9.17) is 4.74 Å². The zero-order valence-corrected chi connectivity index (χ0v) is 7.80. The van der Waals surface area contributed by atoms with Gasteiger partial charge in [-0.05, 0) is 12.1 Å². The molecule has 0 bridgehead atoms. The van der Waals surface area contributed by atoms with Crippen molar-refractivity contribution in [3.05, 3.63) is 24.3 Å². The zero-order chi connectivity index (χ0) is 9.97. The van der Waals surface area contributed by atoms with E-state index in [1.165, 1.54) is 5.01 Å². The Morgan fingerprint density at radius 1 is 1.43 bits per heavy atom. The van der Waals surface area contributed by atoms with Crippen molar-refractivity contribution in [1.29, 1.82) is 0 Å². The Morgan fingerprint density at radius 3 is 2.86 bits per heavy atom. The molecule has 4 nitrogen and oxygen atoms in total. The second kappa shape index (κ2) is 3.49. The average molecular weight is 190 g/mol. The molecule has 2 rings (SSSR count). The first-order valence-corrected chi connectivity index (χ1v) is 4.31. The fourth-order valence-electron chi connectivity index (χ4n) is 1.35. The van der Waals surface area contributed by atoms with Gasteiger partial charge in [-0.2, -0.15) is 10.1 Å². The van der Waals surface area contributed by atoms with Gasteiger partial charge in [0.15, 0.2) is 0 Å². The number of para-hydroxylation sites is 2. The van der Waals surface area contributed by atoms with E-state index in [9.17, 15) is 4.79 Å². The molecule has 1 aromatic rings. The lowest BCUT2D eigenvalue weighted by molar-refractivity contribution is -0.116. The summed E-state index contributed by atoms with van der Waals surface area (Å²) >= 11 is 0. The molecule has 1 heterocycles. The maximum atomic E-state index is 11.4. The van der Waals surface area contributed by atoms with Crippen LogP contribution in [0.25, 0.3) is 0 Å². The molecule has 0 aromatic heterocycles. The Labute approximate surface area is 81.8 Å². The molecule has 0 saturated carbocycles. The van der Waals surface area contributed by atoms with Gasteiger partial charge in [-0.1, -0.05) is 12.1 Å². The molecule has 0 aliphatic carbocycles. The van der Waals surface area contributed by atoms with E-state index < -0.39 is 0 Å². The number of carbonyl (C=O) groups excluding carboxylic acids is 1. The third-order valence-electron chi connectivity index (χ3n) is 2.01. The molecule has 0 atom stereocenters. The lowest BCUT2D eigenvalue weighted by atomic mass is 10.3. The summed E-state index contributed by atoms with van der Waals surface area (Å²) < 4.78 is 5.14. The predicted octanol–water partition coefficient (Wildman–Crippen LogP) is 1.42. The van der Waals surface area contributed by atoms with Crippen LogP contribution in [-0.2, 0) is 4.79 Å². The molecule has 1 aromatic carbocycles. The first-order valence-electron chi connectivity index (χ1n) is 4.31. The van der Waals surface area contributed by atoms with Crippen LogP contribution in [0, 0.1) is 0 Å². The topological polar surface area (TPSA) is 41.9 Å². The van der Waals surface area contributed by atoms with E-state index >= 15 is 0 Å². The first kappa shape index (κ1) is 8.74. The molecular formula is C10H10N2O2. The van der Waals surface area contributed by atoms with Crippen molar-refractivity contribution in [1.82, 2.24) is 0 Å². The highest BCUT2D eigenvalue weighted by Crippen LogP contribution is 2.29. The Balaban J connectivity index is 2.40. The van der Waals surface area contributed by atoms with Gasteiger partial charge in [0.1, 0.15) is 11.4 Å². The maximum absolute atomic E-state index is 11.4. The molecule has 0 fully saturated rings. The summed E-state index contributed by atoms with van der Waals surface area (Å²) in [6.45, 7) is 0. The van der Waals surface area contributed by atoms with E-state index in [2.05, 4.69) is 5.10 Å². The number of anilines is 1. The van der Waals surface area contributed by atoms with Crippen LogP contribution in [-0.4, -0.2) is 19.2 Å². The second-order valence-electron chi connectivity index (χ2n) is 2.88. The van der Waals surface area contributed by atoms with Crippen LogP contribution in [0.2, 0.25) is 0 Å². The van der Waals surface area contributed by atoms with Crippen molar-refractivity contribution in [2.24, 2.45) is 5.10 Å². The molecule has 4 heteroatoms. The predicted molar refractivity (Wildman–Crippen MR) is 53.6 cm³/mol. The van der Waals surface area contributed by atoms with Gasteiger partial charge in [0.25, 0.3) is 5.91 Å². The maximum Gasteiger partial charge on any atom is 0.252 e. The van der Waals surface area contributed by atoms with Crippen LogP contribution in [0.15, 0.2) is 29.4 Å². The number of hydrazone groups is 1. The summed E-state index contributed by atoms with van der Waals surface area (Å²) in [4.78, 5) is 11.4. The van der Waals surface area contributed by atoms with Crippen LogP contribution in [0.5, 0.6) is 5.75 Å². The summed E-state index contributed by atoms with van der Waals surface area (Å²) in [5.74, 6) is 0.620. The smallest absolute Gasteiger partial charge is 0.252 e. The van der Waals surface area contributed by atoms with Gasteiger partial charge in [0.05, 0.1) is 13.5 Å². The van der Waals surface area contributed by atoms with Crippen molar-refractivity contribution in [3.8, 4) is 5.75 Å². The fourth-order valence-corrected chi connectivity index (χ4v) is 1.35. The van der Waals surface area contributed by atoms with Crippen molar-refractivity contribution in [2.75, 3.05) is 12.1 Å². The average Bonchev–Trinajstić information content (AvgIpc) is 2.64. The minimum atomic E-state index is -0.0329. The monoisotopic (exact) mass is 190 g/mol. The standard InChI is InChI=1S/C10H10N2O2/c1-14-9-5-3-2-4-8(9)12-10(13)6-7-11-12/h2-5,7H,6H2,1H3. The van der Waals surface area contributed by atoms with E-state index in [0.717, 1.165) is 0 Å². The van der Waals surface area contributed by atoms with Gasteiger partial charge in [-0.15, -0.1) is 0 Å². The number of carbonyl (C=O) groups is 1. The minimum absolute atomic E-state index is 0.0329. The van der Waals surface area contributed by atoms with Crippen LogP contribution < -0.4 is 9.75 Å². The Morgan fingerprint density at radius 2 is 2.21 bits per heavy atom. The fraction of sp³-hybridized carbons (Fsp3) is 0.200. The van der Waals surface area contributed by atoms with E-state index in [-0.39, 0.29) is 5.91 Å². The highest BCUT2D eigenvalue weighted by molar-refractivity contribution is 6.06. The lowest BCUT2D eigenvalue weighted by Crippen LogP contribution is -2.20. The third-order valence-corrected chi connectivity index (χ3v) is 2.01. The van der Waals surface area contributed by atoms with E-state index in [1.807, 2.05) is 12.1 Å². The number of hydrogen-bond donors (Lipinski definition) is 0. The number of hydrogen-bond acceptors (Lipinski definition) is 3. The molecule has 1 aliphatic rings. The van der Waals surface area contributed by atoms with Crippen molar-refractivity contribution in [2.45, 2.75) is 6.42 Å². The van der Waals surface area contributed by atoms with Gasteiger partial charge in [-0.3, -0.25) is 4.79 Å². The molecule has 14 heavy (non-hydrogen) atoms. The van der Waals surface area contributed by atoms with Gasteiger partial charge in [0.2, 0.25) is 0 Å². The van der Waals surface area contributed by atoms with Crippen molar-refractivity contribution < 1.29 is 9.53 Å². The normalized spacial score (nSPS) is 14.9. The highest BCUT2D eigenvalue weighted by atomic mass is 16.5. The minimum Gasteiger partial charge on any atom is -0.494 e. The molecule has 0 spiro atoms. The largest absolute Gasteiger partial charge is 0.494 e. The third kappa shape index (κ3) is 1.35. The lowest BCUT2D eigenvalue weighted by Gasteiger charge is -2.14. The van der Waals surface area contributed by atoms with Gasteiger partial charge in [-0.25, -0.2) is 0 Å². The number of rotatable bonds is 2. The molecule has 1 aliphatic heterocycles. The second-order valence-corrected chi connectivity index (χ2v) is 2.88. The zero-order valence-electron chi connectivity index (χ0n) is 7.80. The summed E-state index contributed by atoms with van der Waals surface area (Å²) in [6, 6.07) is 7.31. The quantitative estimate of drug-likeness (QED) is 0.707. The molecular weight excluding hydrogens is 180 g/mol. The van der Waals surface area contributed by atoms with Crippen LogP contribution in [0.3, 0.4) is 0 Å². The Bertz CT molecular complexity index is 387. The van der Waals surface area contributed by atoms with Crippen molar-refractivity contribution >= 4 is 17.8 Å². The molecule has 0 radical (unpaired) electrons. The van der Waals surface area contributed by atoms with Gasteiger partial charge >= 0.3 is 0 Å². The summed E-state index contributed by atoms with van der Waals surface area (Å²) in [5.41, 5.74) is 0.689. The van der Waals surface area contributed by atoms with Crippen molar-refractivity contribution in [3.63, 3.8) is 0 Å². The summed E-state index contributed by atoms with van der Waals surface area (Å²) in [7, 11) is 1.57. The summed E-state index contributed by atoms with van der Waals surface area (Å²) in [5, 5.41) is 5.33. The Kier molecular flexibility index (Phi) is 2.18. The van der Waals surface area contributed by atoms with Crippen LogP contribution in [0.4, 0.5) is 5.69 Å².